The van der Waals surface area contributed by atoms with Gasteiger partial charge in [0.1, 0.15) is 5.69 Å². The number of anilines is 1. The molecule has 7 nitrogen and oxygen atoms in total. The summed E-state index contributed by atoms with van der Waals surface area (Å²) in [6.07, 6.45) is 11.6. The van der Waals surface area contributed by atoms with Crippen molar-refractivity contribution in [2.24, 2.45) is 0 Å². The first-order chi connectivity index (χ1) is 19.3. The molecule has 194 valence electrons. The van der Waals surface area contributed by atoms with Gasteiger partial charge >= 0.3 is 0 Å². The molecule has 1 aliphatic rings. The topological polar surface area (TPSA) is 85.5 Å². The van der Waals surface area contributed by atoms with Gasteiger partial charge in [-0.05, 0) is 60.2 Å². The lowest BCUT2D eigenvalue weighted by atomic mass is 10.0. The molecular formula is C32H31N7. The fourth-order valence-electron chi connectivity index (χ4n) is 5.64. The molecule has 0 radical (unpaired) electrons. The Bertz CT molecular complexity index is 1730. The summed E-state index contributed by atoms with van der Waals surface area (Å²) < 4.78 is 0. The summed E-state index contributed by atoms with van der Waals surface area (Å²) in [6, 6.07) is 21.3. The van der Waals surface area contributed by atoms with E-state index in [0.29, 0.717) is 0 Å². The Balaban J connectivity index is 1.18. The monoisotopic (exact) mass is 513 g/mol. The third-order valence-electron chi connectivity index (χ3n) is 7.67. The van der Waals surface area contributed by atoms with Crippen LogP contribution >= 0.6 is 0 Å². The fraction of sp³-hybridized carbons (Fsp3) is 0.219. The van der Waals surface area contributed by atoms with Crippen molar-refractivity contribution in [3.05, 3.63) is 96.6 Å². The second-order valence-electron chi connectivity index (χ2n) is 10.4. The minimum Gasteiger partial charge on any atom is -0.370 e. The van der Waals surface area contributed by atoms with Crippen LogP contribution in [0.2, 0.25) is 0 Å². The van der Waals surface area contributed by atoms with Crippen molar-refractivity contribution in [2.75, 3.05) is 18.0 Å². The number of H-pyrrole nitrogens is 2. The molecule has 1 fully saturated rings. The SMILES string of the molecule is c1ccc(CNCc2cncc(-c3ccc4[nH]nc(-c5cc6c(N7CCCCC7)cncc6[nH]5)c4c3)c2)cc1. The molecule has 4 aromatic heterocycles. The summed E-state index contributed by atoms with van der Waals surface area (Å²) in [5.41, 5.74) is 9.82. The van der Waals surface area contributed by atoms with Crippen molar-refractivity contribution in [3.8, 4) is 22.5 Å². The first kappa shape index (κ1) is 23.6. The molecule has 0 bridgehead atoms. The highest BCUT2D eigenvalue weighted by molar-refractivity contribution is 6.00. The van der Waals surface area contributed by atoms with Crippen LogP contribution < -0.4 is 10.2 Å². The van der Waals surface area contributed by atoms with E-state index in [1.807, 2.05) is 30.9 Å². The van der Waals surface area contributed by atoms with Gasteiger partial charge in [-0.25, -0.2) is 0 Å². The lowest BCUT2D eigenvalue weighted by Gasteiger charge is -2.28. The van der Waals surface area contributed by atoms with E-state index in [9.17, 15) is 0 Å². The zero-order chi connectivity index (χ0) is 26.0. The number of hydrogen-bond acceptors (Lipinski definition) is 5. The van der Waals surface area contributed by atoms with Crippen molar-refractivity contribution in [2.45, 2.75) is 32.4 Å². The largest absolute Gasteiger partial charge is 0.370 e. The molecule has 1 aliphatic heterocycles. The number of aromatic amines is 2. The average Bonchev–Trinajstić information content (AvgIpc) is 3.62. The van der Waals surface area contributed by atoms with Gasteiger partial charge in [-0.1, -0.05) is 36.4 Å². The van der Waals surface area contributed by atoms with Crippen LogP contribution in [0, 0.1) is 0 Å². The number of piperidine rings is 1. The molecule has 0 amide bonds. The van der Waals surface area contributed by atoms with E-state index in [1.54, 1.807) is 0 Å². The van der Waals surface area contributed by atoms with Gasteiger partial charge in [-0.2, -0.15) is 5.10 Å². The van der Waals surface area contributed by atoms with Crippen LogP contribution in [0.1, 0.15) is 30.4 Å². The maximum atomic E-state index is 4.71. The second-order valence-corrected chi connectivity index (χ2v) is 10.4. The van der Waals surface area contributed by atoms with Crippen molar-refractivity contribution in [3.63, 3.8) is 0 Å². The van der Waals surface area contributed by atoms with E-state index in [0.717, 1.165) is 70.7 Å². The van der Waals surface area contributed by atoms with Gasteiger partial charge in [0, 0.05) is 54.9 Å². The smallest absolute Gasteiger partial charge is 0.116 e. The van der Waals surface area contributed by atoms with Gasteiger partial charge in [-0.15, -0.1) is 0 Å². The van der Waals surface area contributed by atoms with Crippen LogP contribution in [0.5, 0.6) is 0 Å². The number of rotatable bonds is 7. The number of benzene rings is 2. The van der Waals surface area contributed by atoms with Crippen LogP contribution in [-0.2, 0) is 13.1 Å². The standard InChI is InChI=1S/C32H31N7/c1-3-7-22(8-4-1)16-33-17-23-13-25(19-34-18-23)24-9-10-28-27(14-24)32(38-37-28)29-15-26-30(36-29)20-35-21-31(26)39-11-5-2-6-12-39/h1,3-4,7-10,13-15,18-21,33,36H,2,5-6,11-12,16-17H2,(H,37,38). The molecule has 2 aromatic carbocycles. The Hall–Kier alpha value is -4.49. The van der Waals surface area contributed by atoms with E-state index in [1.165, 1.54) is 35.9 Å². The van der Waals surface area contributed by atoms with E-state index in [4.69, 9.17) is 5.10 Å². The summed E-state index contributed by atoms with van der Waals surface area (Å²) in [6.45, 7) is 3.77. The Labute approximate surface area is 227 Å². The van der Waals surface area contributed by atoms with Crippen LogP contribution in [0.25, 0.3) is 44.3 Å². The maximum Gasteiger partial charge on any atom is 0.116 e. The minimum atomic E-state index is 0.761. The zero-order valence-corrected chi connectivity index (χ0v) is 21.8. The summed E-state index contributed by atoms with van der Waals surface area (Å²) in [7, 11) is 0. The predicted octanol–water partition coefficient (Wildman–Crippen LogP) is 6.45. The molecule has 5 heterocycles. The quantitative estimate of drug-likeness (QED) is 0.228. The van der Waals surface area contributed by atoms with Crippen molar-refractivity contribution in [1.82, 2.24) is 30.5 Å². The van der Waals surface area contributed by atoms with E-state index in [2.05, 4.69) is 84.9 Å². The first-order valence-corrected chi connectivity index (χ1v) is 13.7. The Morgan fingerprint density at radius 1 is 0.718 bits per heavy atom. The highest BCUT2D eigenvalue weighted by atomic mass is 15.1. The second kappa shape index (κ2) is 10.3. The third kappa shape index (κ3) is 4.77. The zero-order valence-electron chi connectivity index (χ0n) is 21.8. The molecule has 7 rings (SSSR count). The lowest BCUT2D eigenvalue weighted by molar-refractivity contribution is 0.578. The predicted molar refractivity (Wildman–Crippen MR) is 157 cm³/mol. The van der Waals surface area contributed by atoms with Crippen molar-refractivity contribution >= 4 is 27.5 Å². The normalized spacial score (nSPS) is 13.9. The summed E-state index contributed by atoms with van der Waals surface area (Å²) in [4.78, 5) is 15.1. The van der Waals surface area contributed by atoms with Crippen molar-refractivity contribution in [1.29, 1.82) is 0 Å². The molecule has 6 aromatic rings. The summed E-state index contributed by atoms with van der Waals surface area (Å²) >= 11 is 0. The van der Waals surface area contributed by atoms with Crippen LogP contribution in [-0.4, -0.2) is 38.2 Å². The van der Waals surface area contributed by atoms with Gasteiger partial charge in [0.2, 0.25) is 0 Å². The van der Waals surface area contributed by atoms with E-state index in [-0.39, 0.29) is 0 Å². The van der Waals surface area contributed by atoms with Crippen molar-refractivity contribution < 1.29 is 0 Å². The van der Waals surface area contributed by atoms with Crippen LogP contribution in [0.3, 0.4) is 0 Å². The Kier molecular flexibility index (Phi) is 6.26. The fourth-order valence-corrected chi connectivity index (χ4v) is 5.64. The number of aromatic nitrogens is 5. The number of nitrogens with one attached hydrogen (secondary N) is 3. The average molecular weight is 514 g/mol. The Morgan fingerprint density at radius 3 is 2.46 bits per heavy atom. The van der Waals surface area contributed by atoms with Gasteiger partial charge in [-0.3, -0.25) is 15.1 Å². The molecule has 0 aliphatic carbocycles. The molecule has 0 saturated carbocycles. The van der Waals surface area contributed by atoms with Gasteiger partial charge in [0.15, 0.2) is 0 Å². The van der Waals surface area contributed by atoms with Gasteiger partial charge in [0.05, 0.1) is 34.8 Å². The van der Waals surface area contributed by atoms with E-state index < -0.39 is 0 Å². The number of fused-ring (bicyclic) bond motifs is 2. The highest BCUT2D eigenvalue weighted by Gasteiger charge is 2.18. The third-order valence-corrected chi connectivity index (χ3v) is 7.67. The van der Waals surface area contributed by atoms with Gasteiger partial charge < -0.3 is 15.2 Å². The molecule has 39 heavy (non-hydrogen) atoms. The van der Waals surface area contributed by atoms with E-state index >= 15 is 0 Å². The molecule has 7 heteroatoms. The molecule has 0 spiro atoms. The van der Waals surface area contributed by atoms with Crippen LogP contribution in [0.4, 0.5) is 5.69 Å². The maximum absolute atomic E-state index is 4.71. The van der Waals surface area contributed by atoms with Gasteiger partial charge in [0.25, 0.3) is 0 Å². The number of hydrogen-bond donors (Lipinski definition) is 3. The van der Waals surface area contributed by atoms with Crippen LogP contribution in [0.15, 0.2) is 85.5 Å². The lowest BCUT2D eigenvalue weighted by Crippen LogP contribution is -2.29. The molecule has 3 N–H and O–H groups in total. The molecule has 1 saturated heterocycles. The first-order valence-electron chi connectivity index (χ1n) is 13.7. The molecule has 0 unspecified atom stereocenters. The molecular weight excluding hydrogens is 482 g/mol. The molecule has 0 atom stereocenters. The minimum absolute atomic E-state index is 0.761. The highest BCUT2D eigenvalue weighted by Crippen LogP contribution is 2.35. The Morgan fingerprint density at radius 2 is 1.56 bits per heavy atom. The summed E-state index contributed by atoms with van der Waals surface area (Å²) in [5, 5.41) is 13.7. The number of pyridine rings is 2. The number of nitrogens with zero attached hydrogens (tertiary/aromatic N) is 4. The summed E-state index contributed by atoms with van der Waals surface area (Å²) in [5.74, 6) is 0.